The normalized spacial score (nSPS) is 18.1. The van der Waals surface area contributed by atoms with E-state index in [0.29, 0.717) is 5.31 Å². The second-order valence-electron chi connectivity index (χ2n) is 5.89. The summed E-state index contributed by atoms with van der Waals surface area (Å²) >= 11 is 0. The molecule has 0 atom stereocenters. The lowest BCUT2D eigenvalue weighted by Crippen LogP contribution is -2.30. The van der Waals surface area contributed by atoms with E-state index in [1.807, 2.05) is 6.20 Å². The van der Waals surface area contributed by atoms with E-state index >= 15 is 0 Å². The van der Waals surface area contributed by atoms with Crippen LogP contribution in [0.3, 0.4) is 0 Å². The molecule has 0 aliphatic heterocycles. The molecule has 0 bridgehead atoms. The Hall–Kier alpha value is -1.57. The third kappa shape index (κ3) is 2.44. The SMILES string of the molecule is BC1(c2cccnc2-c2ccccc2)CCCCC1. The van der Waals surface area contributed by atoms with Crippen molar-refractivity contribution in [3.05, 3.63) is 54.2 Å². The standard InChI is InChI=1S/C17H20BN/c18-17(11-5-2-6-12-17)15-10-7-13-19-16(15)14-8-3-1-4-9-14/h1,3-4,7-10,13H,2,5-6,11-12,18H2. The largest absolute Gasteiger partial charge is 0.256 e. The van der Waals surface area contributed by atoms with Gasteiger partial charge in [-0.15, -0.1) is 0 Å². The summed E-state index contributed by atoms with van der Waals surface area (Å²) in [6.45, 7) is 0. The smallest absolute Gasteiger partial charge is 0.115 e. The highest BCUT2D eigenvalue weighted by molar-refractivity contribution is 6.16. The molecule has 0 unspecified atom stereocenters. The van der Waals surface area contributed by atoms with Gasteiger partial charge in [0.15, 0.2) is 0 Å². The van der Waals surface area contributed by atoms with Crippen LogP contribution >= 0.6 is 0 Å². The third-order valence-corrected chi connectivity index (χ3v) is 4.46. The van der Waals surface area contributed by atoms with Crippen molar-refractivity contribution in [2.75, 3.05) is 0 Å². The van der Waals surface area contributed by atoms with Gasteiger partial charge in [-0.2, -0.15) is 0 Å². The number of pyridine rings is 1. The molecule has 0 saturated heterocycles. The van der Waals surface area contributed by atoms with Crippen LogP contribution in [0.4, 0.5) is 0 Å². The summed E-state index contributed by atoms with van der Waals surface area (Å²) in [5.41, 5.74) is 3.85. The summed E-state index contributed by atoms with van der Waals surface area (Å²) < 4.78 is 0. The van der Waals surface area contributed by atoms with Gasteiger partial charge in [0, 0.05) is 11.8 Å². The van der Waals surface area contributed by atoms with Crippen molar-refractivity contribution in [1.82, 2.24) is 4.98 Å². The zero-order chi connectivity index (χ0) is 13.1. The number of aromatic nitrogens is 1. The monoisotopic (exact) mass is 249 g/mol. The lowest BCUT2D eigenvalue weighted by atomic mass is 9.56. The van der Waals surface area contributed by atoms with Gasteiger partial charge >= 0.3 is 0 Å². The quantitative estimate of drug-likeness (QED) is 0.742. The van der Waals surface area contributed by atoms with Crippen LogP contribution in [0.5, 0.6) is 0 Å². The molecule has 0 amide bonds. The molecule has 0 N–H and O–H groups in total. The van der Waals surface area contributed by atoms with Crippen LogP contribution in [-0.4, -0.2) is 12.8 Å². The van der Waals surface area contributed by atoms with Gasteiger partial charge in [0.1, 0.15) is 7.85 Å². The first-order valence-corrected chi connectivity index (χ1v) is 7.30. The van der Waals surface area contributed by atoms with Gasteiger partial charge in [0.25, 0.3) is 0 Å². The van der Waals surface area contributed by atoms with Gasteiger partial charge in [0.05, 0.1) is 5.69 Å². The summed E-state index contributed by atoms with van der Waals surface area (Å²) in [7, 11) is 2.41. The molecular weight excluding hydrogens is 229 g/mol. The maximum absolute atomic E-state index is 4.67. The Balaban J connectivity index is 2.07. The van der Waals surface area contributed by atoms with Crippen LogP contribution in [0.2, 0.25) is 0 Å². The summed E-state index contributed by atoms with van der Waals surface area (Å²) in [5, 5.41) is 0.303. The number of benzene rings is 1. The fraction of sp³-hybridized carbons (Fsp3) is 0.353. The molecule has 1 aromatic carbocycles. The topological polar surface area (TPSA) is 12.9 Å². The Labute approximate surface area is 116 Å². The Kier molecular flexibility index (Phi) is 3.41. The maximum atomic E-state index is 4.67. The number of nitrogens with zero attached hydrogens (tertiary/aromatic N) is 1. The predicted octanol–water partition coefficient (Wildman–Crippen LogP) is 3.54. The van der Waals surface area contributed by atoms with E-state index in [4.69, 9.17) is 0 Å². The molecule has 1 heterocycles. The van der Waals surface area contributed by atoms with Crippen LogP contribution in [-0.2, 0) is 5.31 Å². The second kappa shape index (κ2) is 5.20. The molecule has 0 radical (unpaired) electrons. The second-order valence-corrected chi connectivity index (χ2v) is 5.89. The van der Waals surface area contributed by atoms with Crippen molar-refractivity contribution in [2.45, 2.75) is 37.4 Å². The summed E-state index contributed by atoms with van der Waals surface area (Å²) in [4.78, 5) is 4.67. The highest BCUT2D eigenvalue weighted by Crippen LogP contribution is 2.40. The molecule has 2 aromatic rings. The van der Waals surface area contributed by atoms with E-state index in [9.17, 15) is 0 Å². The maximum Gasteiger partial charge on any atom is 0.115 e. The molecule has 19 heavy (non-hydrogen) atoms. The van der Waals surface area contributed by atoms with Crippen molar-refractivity contribution >= 4 is 7.85 Å². The fourth-order valence-corrected chi connectivity index (χ4v) is 3.32. The van der Waals surface area contributed by atoms with Gasteiger partial charge in [-0.1, -0.05) is 68.5 Å². The molecule has 2 heteroatoms. The van der Waals surface area contributed by atoms with E-state index in [1.54, 1.807) is 0 Å². The average Bonchev–Trinajstić information content (AvgIpc) is 2.49. The van der Waals surface area contributed by atoms with Crippen molar-refractivity contribution in [3.63, 3.8) is 0 Å². The molecule has 0 spiro atoms. The van der Waals surface area contributed by atoms with Gasteiger partial charge in [-0.3, -0.25) is 4.98 Å². The van der Waals surface area contributed by atoms with E-state index in [1.165, 1.54) is 48.9 Å². The molecule has 1 fully saturated rings. The molecular formula is C17H20BN. The molecule has 3 rings (SSSR count). The lowest BCUT2D eigenvalue weighted by Gasteiger charge is -2.35. The Morgan fingerprint density at radius 3 is 2.37 bits per heavy atom. The number of hydrogen-bond acceptors (Lipinski definition) is 1. The lowest BCUT2D eigenvalue weighted by molar-refractivity contribution is 0.398. The fourth-order valence-electron chi connectivity index (χ4n) is 3.32. The summed E-state index contributed by atoms with van der Waals surface area (Å²) in [5.74, 6) is 0. The molecule has 1 aliphatic carbocycles. The number of hydrogen-bond donors (Lipinski definition) is 0. The zero-order valence-electron chi connectivity index (χ0n) is 11.6. The third-order valence-electron chi connectivity index (χ3n) is 4.46. The predicted molar refractivity (Wildman–Crippen MR) is 83.0 cm³/mol. The van der Waals surface area contributed by atoms with Gasteiger partial charge in [0.2, 0.25) is 0 Å². The van der Waals surface area contributed by atoms with Crippen LogP contribution in [0.15, 0.2) is 48.7 Å². The van der Waals surface area contributed by atoms with E-state index in [-0.39, 0.29) is 0 Å². The summed E-state index contributed by atoms with van der Waals surface area (Å²) in [6, 6.07) is 14.9. The van der Waals surface area contributed by atoms with Crippen LogP contribution in [0.1, 0.15) is 37.7 Å². The Morgan fingerprint density at radius 2 is 1.63 bits per heavy atom. The van der Waals surface area contributed by atoms with Crippen LogP contribution in [0, 0.1) is 0 Å². The molecule has 1 nitrogen and oxygen atoms in total. The van der Waals surface area contributed by atoms with E-state index in [0.717, 1.165) is 0 Å². The molecule has 96 valence electrons. The van der Waals surface area contributed by atoms with Gasteiger partial charge < -0.3 is 0 Å². The van der Waals surface area contributed by atoms with Crippen LogP contribution < -0.4 is 0 Å². The molecule has 1 saturated carbocycles. The zero-order valence-corrected chi connectivity index (χ0v) is 11.6. The van der Waals surface area contributed by atoms with Crippen molar-refractivity contribution < 1.29 is 0 Å². The Morgan fingerprint density at radius 1 is 0.895 bits per heavy atom. The van der Waals surface area contributed by atoms with E-state index < -0.39 is 0 Å². The van der Waals surface area contributed by atoms with Crippen molar-refractivity contribution in [3.8, 4) is 11.3 Å². The average molecular weight is 249 g/mol. The highest BCUT2D eigenvalue weighted by atomic mass is 14.7. The highest BCUT2D eigenvalue weighted by Gasteiger charge is 2.31. The molecule has 1 aromatic heterocycles. The first-order valence-electron chi connectivity index (χ1n) is 7.30. The van der Waals surface area contributed by atoms with Gasteiger partial charge in [-0.25, -0.2) is 0 Å². The first kappa shape index (κ1) is 12.5. The van der Waals surface area contributed by atoms with Crippen molar-refractivity contribution in [2.24, 2.45) is 0 Å². The minimum Gasteiger partial charge on any atom is -0.256 e. The summed E-state index contributed by atoms with van der Waals surface area (Å²) in [6.07, 6.45) is 8.57. The Bertz CT molecular complexity index is 544. The van der Waals surface area contributed by atoms with E-state index in [2.05, 4.69) is 55.3 Å². The minimum absolute atomic E-state index is 0.303. The minimum atomic E-state index is 0.303. The van der Waals surface area contributed by atoms with Crippen molar-refractivity contribution in [1.29, 1.82) is 0 Å². The van der Waals surface area contributed by atoms with Crippen LogP contribution in [0.25, 0.3) is 11.3 Å². The first-order chi connectivity index (χ1) is 9.30. The molecule has 1 aliphatic rings. The van der Waals surface area contributed by atoms with Gasteiger partial charge in [-0.05, 0) is 16.9 Å². The number of rotatable bonds is 2.